The Balaban J connectivity index is 1.35. The number of benzene rings is 7. The van der Waals surface area contributed by atoms with Crippen molar-refractivity contribution in [3.8, 4) is 44.5 Å². The van der Waals surface area contributed by atoms with Gasteiger partial charge in [0.1, 0.15) is 0 Å². The van der Waals surface area contributed by atoms with Gasteiger partial charge in [-0.3, -0.25) is 0 Å². The molecule has 1 nitrogen and oxygen atoms in total. The van der Waals surface area contributed by atoms with E-state index >= 15 is 0 Å². The van der Waals surface area contributed by atoms with Crippen LogP contribution in [0.2, 0.25) is 0 Å². The van der Waals surface area contributed by atoms with E-state index in [4.69, 9.17) is 0 Å². The van der Waals surface area contributed by atoms with E-state index in [0.29, 0.717) is 0 Å². The highest BCUT2D eigenvalue weighted by Crippen LogP contribution is 2.57. The number of fused-ring (bicyclic) bond motifs is 4. The van der Waals surface area contributed by atoms with E-state index in [1.807, 2.05) is 0 Å². The van der Waals surface area contributed by atoms with Crippen LogP contribution in [-0.2, 0) is 32.5 Å². The van der Waals surface area contributed by atoms with Crippen molar-refractivity contribution in [1.82, 2.24) is 0 Å². The molecule has 0 fully saturated rings. The first kappa shape index (κ1) is 42.3. The fourth-order valence-corrected chi connectivity index (χ4v) is 11.2. The number of hydrogen-bond donors (Lipinski definition) is 0. The van der Waals surface area contributed by atoms with Crippen molar-refractivity contribution in [1.29, 1.82) is 0 Å². The van der Waals surface area contributed by atoms with E-state index in [9.17, 15) is 0 Å². The van der Waals surface area contributed by atoms with Crippen molar-refractivity contribution in [2.24, 2.45) is 0 Å². The predicted octanol–water partition coefficient (Wildman–Crippen LogP) is 17.6. The molecule has 2 aliphatic heterocycles. The molecule has 4 aliphatic rings. The molecule has 0 amide bonds. The molecule has 0 N–H and O–H groups in total. The van der Waals surface area contributed by atoms with Crippen molar-refractivity contribution in [3.05, 3.63) is 184 Å². The summed E-state index contributed by atoms with van der Waals surface area (Å²) >= 11 is 0. The number of hydrogen-bond acceptors (Lipinski definition) is 1. The molecule has 8 bridgehead atoms. The van der Waals surface area contributed by atoms with Crippen molar-refractivity contribution < 1.29 is 0 Å². The molecule has 2 heterocycles. The van der Waals surface area contributed by atoms with Crippen LogP contribution in [0.25, 0.3) is 44.5 Å². The van der Waals surface area contributed by atoms with Crippen molar-refractivity contribution >= 4 is 17.1 Å². The van der Waals surface area contributed by atoms with Crippen LogP contribution in [0.15, 0.2) is 133 Å². The summed E-state index contributed by atoms with van der Waals surface area (Å²) in [5, 5.41) is 0. The monoisotopic (exact) mass is 838 g/mol. The van der Waals surface area contributed by atoms with Gasteiger partial charge >= 0.3 is 0 Å². The minimum atomic E-state index is -0.262. The summed E-state index contributed by atoms with van der Waals surface area (Å²) in [5.74, 6) is 0. The molecule has 324 valence electrons. The molecule has 0 saturated carbocycles. The molecule has 11 rings (SSSR count). The van der Waals surface area contributed by atoms with Crippen LogP contribution in [0.4, 0.5) is 17.1 Å². The second kappa shape index (κ2) is 13.7. The number of anilines is 3. The van der Waals surface area contributed by atoms with Gasteiger partial charge in [0.05, 0.1) is 5.69 Å². The van der Waals surface area contributed by atoms with Crippen LogP contribution in [0, 0.1) is 0 Å². The van der Waals surface area contributed by atoms with Gasteiger partial charge in [-0.15, -0.1) is 0 Å². The molecule has 0 saturated heterocycles. The van der Waals surface area contributed by atoms with Crippen LogP contribution < -0.4 is 4.90 Å². The lowest BCUT2D eigenvalue weighted by molar-refractivity contribution is 0.569. The molecular weight excluding hydrogens is 771 g/mol. The molecule has 0 spiro atoms. The smallest absolute Gasteiger partial charge is 0.0546 e. The highest BCUT2D eigenvalue weighted by Gasteiger charge is 2.41. The Hall–Kier alpha value is -5.66. The third-order valence-corrected chi connectivity index (χ3v) is 15.5. The third kappa shape index (κ3) is 6.39. The Morgan fingerprint density at radius 1 is 0.344 bits per heavy atom. The van der Waals surface area contributed by atoms with Crippen LogP contribution in [-0.4, -0.2) is 0 Å². The first-order valence-corrected chi connectivity index (χ1v) is 23.7. The first-order chi connectivity index (χ1) is 29.9. The summed E-state index contributed by atoms with van der Waals surface area (Å²) in [7, 11) is 0. The van der Waals surface area contributed by atoms with Gasteiger partial charge in [0.25, 0.3) is 0 Å². The highest BCUT2D eigenvalue weighted by molar-refractivity contribution is 5.95. The predicted molar refractivity (Wildman–Crippen MR) is 275 cm³/mol. The quantitative estimate of drug-likeness (QED) is 0.168. The average molecular weight is 838 g/mol. The molecule has 64 heavy (non-hydrogen) atoms. The molecular formula is C63H67N. The van der Waals surface area contributed by atoms with Crippen LogP contribution in [0.1, 0.15) is 154 Å². The van der Waals surface area contributed by atoms with E-state index in [2.05, 4.69) is 242 Å². The largest absolute Gasteiger partial charge is 0.310 e. The topological polar surface area (TPSA) is 3.24 Å². The molecule has 0 unspecified atom stereocenters. The van der Waals surface area contributed by atoms with Crippen LogP contribution in [0.5, 0.6) is 0 Å². The minimum absolute atomic E-state index is 0.0276. The maximum Gasteiger partial charge on any atom is 0.0546 e. The standard InChI is InChI=1S/C63H67N/c1-58(2,3)41-29-39-30-44(35-41)61(10,11)52-21-18-22-53-57(52)50-28-25-46(37-55(50)63(53,14)15)64(45-24-27-49-48-19-16-17-20-51(48)62(12,13)54(49)36-45)56-33-38(39)23-26-47(56)40-31-42(59(4,5)6)34-43(32-40)60(7,8)9/h16-37H,1-15H3. The summed E-state index contributed by atoms with van der Waals surface area (Å²) in [4.78, 5) is 2.60. The lowest BCUT2D eigenvalue weighted by Gasteiger charge is -2.33. The Kier molecular flexibility index (Phi) is 9.04. The summed E-state index contributed by atoms with van der Waals surface area (Å²) < 4.78 is 0. The second-order valence-corrected chi connectivity index (χ2v) is 24.0. The molecule has 7 aromatic rings. The van der Waals surface area contributed by atoms with E-state index in [1.54, 1.807) is 0 Å². The molecule has 7 aromatic carbocycles. The van der Waals surface area contributed by atoms with Gasteiger partial charge in [-0.25, -0.2) is 0 Å². The molecule has 0 atom stereocenters. The van der Waals surface area contributed by atoms with Gasteiger partial charge in [-0.1, -0.05) is 207 Å². The van der Waals surface area contributed by atoms with Crippen molar-refractivity contribution in [3.63, 3.8) is 0 Å². The van der Waals surface area contributed by atoms with E-state index in [-0.39, 0.29) is 32.5 Å². The zero-order chi connectivity index (χ0) is 45.7. The fourth-order valence-electron chi connectivity index (χ4n) is 11.2. The van der Waals surface area contributed by atoms with E-state index in [0.717, 1.165) is 0 Å². The van der Waals surface area contributed by atoms with E-state index < -0.39 is 0 Å². The highest BCUT2D eigenvalue weighted by atomic mass is 15.1. The normalized spacial score (nSPS) is 16.4. The molecule has 0 aromatic heterocycles. The van der Waals surface area contributed by atoms with Crippen molar-refractivity contribution in [2.45, 2.75) is 136 Å². The number of nitrogens with zero attached hydrogens (tertiary/aromatic N) is 1. The first-order valence-electron chi connectivity index (χ1n) is 23.7. The van der Waals surface area contributed by atoms with Crippen LogP contribution in [0.3, 0.4) is 0 Å². The molecule has 2 aliphatic carbocycles. The second-order valence-electron chi connectivity index (χ2n) is 24.0. The molecule has 1 heteroatoms. The minimum Gasteiger partial charge on any atom is -0.310 e. The summed E-state index contributed by atoms with van der Waals surface area (Å²) in [5.41, 5.74) is 25.6. The summed E-state index contributed by atoms with van der Waals surface area (Å²) in [6.07, 6.45) is 0. The zero-order valence-corrected chi connectivity index (χ0v) is 41.1. The van der Waals surface area contributed by atoms with Crippen molar-refractivity contribution in [2.75, 3.05) is 4.90 Å². The third-order valence-electron chi connectivity index (χ3n) is 15.5. The summed E-state index contributed by atoms with van der Waals surface area (Å²) in [6.45, 7) is 35.7. The fraction of sp³-hybridized carbons (Fsp3) is 0.333. The van der Waals surface area contributed by atoms with E-state index in [1.165, 1.54) is 112 Å². The Labute approximate surface area is 384 Å². The maximum absolute atomic E-state index is 2.60. The zero-order valence-electron chi connectivity index (χ0n) is 41.1. The molecule has 0 radical (unpaired) electrons. The average Bonchev–Trinajstić information content (AvgIpc) is 3.61. The maximum atomic E-state index is 2.60. The lowest BCUT2D eigenvalue weighted by atomic mass is 9.71. The van der Waals surface area contributed by atoms with Gasteiger partial charge in [-0.05, 0) is 136 Å². The van der Waals surface area contributed by atoms with Gasteiger partial charge < -0.3 is 4.90 Å². The van der Waals surface area contributed by atoms with Gasteiger partial charge in [-0.2, -0.15) is 0 Å². The number of rotatable bonds is 2. The Morgan fingerprint density at radius 3 is 1.45 bits per heavy atom. The van der Waals surface area contributed by atoms with Crippen LogP contribution >= 0.6 is 0 Å². The Morgan fingerprint density at radius 2 is 0.828 bits per heavy atom. The lowest BCUT2D eigenvalue weighted by Crippen LogP contribution is -2.23. The van der Waals surface area contributed by atoms with Gasteiger partial charge in [0.15, 0.2) is 0 Å². The SMILES string of the molecule is CC(C)(C)c1cc(-c2ccc3cc2N(c2ccc4c(c2)C(C)(C)c2ccccc2-4)c2ccc4c(c2)C(C)(C)c2cccc(c2-4)C(C)(C)c2cc-3cc(C(C)(C)C)c2)cc(C(C)(C)C)c1. The summed E-state index contributed by atoms with van der Waals surface area (Å²) in [6, 6.07) is 53.0. The van der Waals surface area contributed by atoms with Gasteiger partial charge in [0.2, 0.25) is 0 Å². The van der Waals surface area contributed by atoms with Gasteiger partial charge in [0, 0.05) is 33.2 Å². The Bertz CT molecular complexity index is 3040.